The standard InChI is InChI=1S/C19H22N2O4/c1-23-19-15(8-5-10-20-19)18(22)21-16-9-11-24-13-17(16)25-12-14-6-3-2-4-7-14/h2-8,10,16-17H,9,11-13H2,1H3,(H,21,22). The second kappa shape index (κ2) is 8.60. The molecule has 1 aromatic carbocycles. The highest BCUT2D eigenvalue weighted by Gasteiger charge is 2.29. The van der Waals surface area contributed by atoms with Crippen molar-refractivity contribution < 1.29 is 19.0 Å². The topological polar surface area (TPSA) is 69.7 Å². The maximum atomic E-state index is 12.6. The number of pyridine rings is 1. The van der Waals surface area contributed by atoms with Gasteiger partial charge >= 0.3 is 0 Å². The molecule has 0 spiro atoms. The minimum Gasteiger partial charge on any atom is -0.480 e. The van der Waals surface area contributed by atoms with Gasteiger partial charge in [0.1, 0.15) is 11.7 Å². The summed E-state index contributed by atoms with van der Waals surface area (Å²) < 4.78 is 16.7. The van der Waals surface area contributed by atoms with E-state index in [4.69, 9.17) is 14.2 Å². The molecule has 1 saturated heterocycles. The molecule has 2 aromatic rings. The Morgan fingerprint density at radius 3 is 2.92 bits per heavy atom. The van der Waals surface area contributed by atoms with E-state index in [1.165, 1.54) is 7.11 Å². The van der Waals surface area contributed by atoms with E-state index < -0.39 is 0 Å². The van der Waals surface area contributed by atoms with Gasteiger partial charge in [0.25, 0.3) is 5.91 Å². The van der Waals surface area contributed by atoms with E-state index in [2.05, 4.69) is 10.3 Å². The lowest BCUT2D eigenvalue weighted by Gasteiger charge is -2.32. The fourth-order valence-electron chi connectivity index (χ4n) is 2.79. The second-order valence-electron chi connectivity index (χ2n) is 5.84. The molecule has 6 nitrogen and oxygen atoms in total. The summed E-state index contributed by atoms with van der Waals surface area (Å²) in [6.45, 7) is 1.54. The number of carbonyl (C=O) groups is 1. The maximum absolute atomic E-state index is 12.6. The first kappa shape index (κ1) is 17.4. The molecule has 1 aliphatic heterocycles. The molecule has 1 amide bonds. The number of ether oxygens (including phenoxy) is 3. The quantitative estimate of drug-likeness (QED) is 0.871. The fourth-order valence-corrected chi connectivity index (χ4v) is 2.79. The molecule has 2 unspecified atom stereocenters. The van der Waals surface area contributed by atoms with Crippen LogP contribution in [-0.2, 0) is 16.1 Å². The molecular weight excluding hydrogens is 320 g/mol. The van der Waals surface area contributed by atoms with Crippen LogP contribution in [0.25, 0.3) is 0 Å². The summed E-state index contributed by atoms with van der Waals surface area (Å²) in [6, 6.07) is 13.2. The van der Waals surface area contributed by atoms with Gasteiger partial charge in [0, 0.05) is 12.8 Å². The van der Waals surface area contributed by atoms with Crippen molar-refractivity contribution in [3.05, 3.63) is 59.8 Å². The Morgan fingerprint density at radius 2 is 2.12 bits per heavy atom. The van der Waals surface area contributed by atoms with Gasteiger partial charge in [0.2, 0.25) is 5.88 Å². The molecule has 0 saturated carbocycles. The van der Waals surface area contributed by atoms with Gasteiger partial charge in [-0.05, 0) is 24.1 Å². The Balaban J connectivity index is 1.63. The zero-order valence-electron chi connectivity index (χ0n) is 14.2. The molecular formula is C19H22N2O4. The molecule has 132 valence electrons. The summed E-state index contributed by atoms with van der Waals surface area (Å²) in [5.74, 6) is 0.0963. The zero-order chi connectivity index (χ0) is 17.5. The van der Waals surface area contributed by atoms with Gasteiger partial charge < -0.3 is 19.5 Å². The zero-order valence-corrected chi connectivity index (χ0v) is 14.2. The van der Waals surface area contributed by atoms with Crippen molar-refractivity contribution in [2.75, 3.05) is 20.3 Å². The molecule has 1 aromatic heterocycles. The van der Waals surface area contributed by atoms with Gasteiger partial charge in [0.15, 0.2) is 0 Å². The molecule has 6 heteroatoms. The molecule has 1 N–H and O–H groups in total. The number of methoxy groups -OCH3 is 1. The van der Waals surface area contributed by atoms with E-state index in [0.29, 0.717) is 37.7 Å². The van der Waals surface area contributed by atoms with E-state index in [9.17, 15) is 4.79 Å². The van der Waals surface area contributed by atoms with E-state index in [1.54, 1.807) is 18.3 Å². The number of benzene rings is 1. The highest BCUT2D eigenvalue weighted by atomic mass is 16.5. The lowest BCUT2D eigenvalue weighted by molar-refractivity contribution is -0.0736. The van der Waals surface area contributed by atoms with Crippen LogP contribution in [0, 0.1) is 0 Å². The van der Waals surface area contributed by atoms with Gasteiger partial charge in [0.05, 0.1) is 26.4 Å². The van der Waals surface area contributed by atoms with Crippen LogP contribution < -0.4 is 10.1 Å². The third-order valence-electron chi connectivity index (χ3n) is 4.14. The normalized spacial score (nSPS) is 20.0. The molecule has 0 bridgehead atoms. The van der Waals surface area contributed by atoms with Crippen molar-refractivity contribution in [2.45, 2.75) is 25.2 Å². The lowest BCUT2D eigenvalue weighted by Crippen LogP contribution is -2.50. The summed E-state index contributed by atoms with van der Waals surface area (Å²) in [5, 5.41) is 3.03. The van der Waals surface area contributed by atoms with E-state index in [0.717, 1.165) is 5.56 Å². The number of rotatable bonds is 6. The molecule has 1 aliphatic rings. The summed E-state index contributed by atoms with van der Waals surface area (Å²) >= 11 is 0. The number of hydrogen-bond acceptors (Lipinski definition) is 5. The monoisotopic (exact) mass is 342 g/mol. The highest BCUT2D eigenvalue weighted by molar-refractivity contribution is 5.96. The van der Waals surface area contributed by atoms with Crippen LogP contribution in [-0.4, -0.2) is 43.4 Å². The summed E-state index contributed by atoms with van der Waals surface area (Å²) in [5.41, 5.74) is 1.50. The van der Waals surface area contributed by atoms with Crippen molar-refractivity contribution >= 4 is 5.91 Å². The van der Waals surface area contributed by atoms with Crippen LogP contribution in [0.4, 0.5) is 0 Å². The van der Waals surface area contributed by atoms with E-state index in [1.807, 2.05) is 30.3 Å². The average Bonchev–Trinajstić information content (AvgIpc) is 2.68. The summed E-state index contributed by atoms with van der Waals surface area (Å²) in [6.07, 6.45) is 2.10. The van der Waals surface area contributed by atoms with Crippen molar-refractivity contribution in [3.8, 4) is 5.88 Å². The first-order chi connectivity index (χ1) is 12.3. The van der Waals surface area contributed by atoms with E-state index >= 15 is 0 Å². The number of carbonyl (C=O) groups excluding carboxylic acids is 1. The molecule has 3 rings (SSSR count). The Labute approximate surface area is 147 Å². The first-order valence-corrected chi connectivity index (χ1v) is 8.31. The predicted octanol–water partition coefficient (Wildman–Crippen LogP) is 2.19. The maximum Gasteiger partial charge on any atom is 0.257 e. The minimum absolute atomic E-state index is 0.116. The average molecular weight is 342 g/mol. The summed E-state index contributed by atoms with van der Waals surface area (Å²) in [4.78, 5) is 16.7. The number of nitrogens with zero attached hydrogens (tertiary/aromatic N) is 1. The molecule has 0 aliphatic carbocycles. The first-order valence-electron chi connectivity index (χ1n) is 8.31. The largest absolute Gasteiger partial charge is 0.480 e. The number of aromatic nitrogens is 1. The molecule has 25 heavy (non-hydrogen) atoms. The lowest BCUT2D eigenvalue weighted by atomic mass is 10.1. The number of hydrogen-bond donors (Lipinski definition) is 1. The Hall–Kier alpha value is -2.44. The number of amides is 1. The van der Waals surface area contributed by atoms with Crippen LogP contribution >= 0.6 is 0 Å². The molecule has 2 atom stereocenters. The highest BCUT2D eigenvalue weighted by Crippen LogP contribution is 2.17. The van der Waals surface area contributed by atoms with Crippen LogP contribution in [0.15, 0.2) is 48.7 Å². The van der Waals surface area contributed by atoms with Crippen LogP contribution in [0.3, 0.4) is 0 Å². The smallest absolute Gasteiger partial charge is 0.257 e. The van der Waals surface area contributed by atoms with Gasteiger partial charge in [-0.3, -0.25) is 4.79 Å². The third kappa shape index (κ3) is 4.55. The van der Waals surface area contributed by atoms with Crippen LogP contribution in [0.1, 0.15) is 22.3 Å². The van der Waals surface area contributed by atoms with Gasteiger partial charge in [-0.2, -0.15) is 0 Å². The predicted molar refractivity (Wildman–Crippen MR) is 92.5 cm³/mol. The van der Waals surface area contributed by atoms with Gasteiger partial charge in [-0.1, -0.05) is 30.3 Å². The molecule has 2 heterocycles. The Kier molecular flexibility index (Phi) is 5.98. The Bertz CT molecular complexity index is 693. The van der Waals surface area contributed by atoms with Crippen LogP contribution in [0.5, 0.6) is 5.88 Å². The number of nitrogens with one attached hydrogen (secondary N) is 1. The van der Waals surface area contributed by atoms with Crippen molar-refractivity contribution in [2.24, 2.45) is 0 Å². The van der Waals surface area contributed by atoms with Crippen LogP contribution in [0.2, 0.25) is 0 Å². The Morgan fingerprint density at radius 1 is 1.28 bits per heavy atom. The summed E-state index contributed by atoms with van der Waals surface area (Å²) in [7, 11) is 1.50. The third-order valence-corrected chi connectivity index (χ3v) is 4.14. The second-order valence-corrected chi connectivity index (χ2v) is 5.84. The molecule has 0 radical (unpaired) electrons. The van der Waals surface area contributed by atoms with Gasteiger partial charge in [-0.25, -0.2) is 4.98 Å². The van der Waals surface area contributed by atoms with Crippen molar-refractivity contribution in [1.29, 1.82) is 0 Å². The van der Waals surface area contributed by atoms with Crippen molar-refractivity contribution in [1.82, 2.24) is 10.3 Å². The van der Waals surface area contributed by atoms with Crippen molar-refractivity contribution in [3.63, 3.8) is 0 Å². The SMILES string of the molecule is COc1ncccc1C(=O)NC1CCOCC1OCc1ccccc1. The minimum atomic E-state index is -0.217. The van der Waals surface area contributed by atoms with E-state index in [-0.39, 0.29) is 18.1 Å². The fraction of sp³-hybridized carbons (Fsp3) is 0.368. The molecule has 1 fully saturated rings. The van der Waals surface area contributed by atoms with Gasteiger partial charge in [-0.15, -0.1) is 0 Å².